The van der Waals surface area contributed by atoms with Crippen LogP contribution in [-0.4, -0.2) is 6.61 Å². The van der Waals surface area contributed by atoms with Crippen LogP contribution in [-0.2, 0) is 11.8 Å². The van der Waals surface area contributed by atoms with E-state index in [1.807, 2.05) is 6.07 Å². The number of fused-ring (bicyclic) bond motifs is 1. The molecule has 2 nitrogen and oxygen atoms in total. The van der Waals surface area contributed by atoms with E-state index in [4.69, 9.17) is 16.3 Å². The van der Waals surface area contributed by atoms with E-state index in [9.17, 15) is 5.26 Å². The second-order valence-corrected chi connectivity index (χ2v) is 5.81. The molecule has 90 valence electrons. The van der Waals surface area contributed by atoms with Gasteiger partial charge in [0.25, 0.3) is 0 Å². The zero-order chi connectivity index (χ0) is 12.6. The quantitative estimate of drug-likeness (QED) is 0.700. The van der Waals surface area contributed by atoms with E-state index in [2.05, 4.69) is 26.8 Å². The fourth-order valence-corrected chi connectivity index (χ4v) is 2.47. The lowest BCUT2D eigenvalue weighted by atomic mass is 9.82. The summed E-state index contributed by atoms with van der Waals surface area (Å²) in [5.74, 6) is 0.705. The molecule has 1 aromatic carbocycles. The van der Waals surface area contributed by atoms with Crippen LogP contribution < -0.4 is 4.74 Å². The summed E-state index contributed by atoms with van der Waals surface area (Å²) in [5, 5.41) is 10.1. The van der Waals surface area contributed by atoms with Crippen LogP contribution in [0.4, 0.5) is 0 Å². The third-order valence-electron chi connectivity index (χ3n) is 3.07. The molecule has 0 radical (unpaired) electrons. The predicted molar refractivity (Wildman–Crippen MR) is 68.7 cm³/mol. The van der Waals surface area contributed by atoms with Gasteiger partial charge in [-0.15, -0.1) is 0 Å². The Bertz CT molecular complexity index is 494. The summed E-state index contributed by atoms with van der Waals surface area (Å²) in [5.41, 5.74) is 2.49. The van der Waals surface area contributed by atoms with Gasteiger partial charge in [-0.25, -0.2) is 0 Å². The van der Waals surface area contributed by atoms with Crippen LogP contribution in [0.5, 0.6) is 5.75 Å². The molecular weight excluding hydrogens is 234 g/mol. The maximum Gasteiger partial charge on any atom is 0.142 e. The molecule has 0 aliphatic carbocycles. The van der Waals surface area contributed by atoms with Crippen molar-refractivity contribution < 1.29 is 4.74 Å². The molecule has 0 unspecified atom stereocenters. The molecule has 2 rings (SSSR count). The second kappa shape index (κ2) is 4.23. The number of hydrogen-bond acceptors (Lipinski definition) is 2. The van der Waals surface area contributed by atoms with Crippen molar-refractivity contribution in [3.05, 3.63) is 27.8 Å². The van der Waals surface area contributed by atoms with Gasteiger partial charge in [-0.1, -0.05) is 32.4 Å². The number of hydrogen-bond donors (Lipinski definition) is 0. The average Bonchev–Trinajstić information content (AvgIpc) is 2.28. The molecule has 0 fully saturated rings. The Kier molecular flexibility index (Phi) is 3.05. The van der Waals surface area contributed by atoms with Crippen molar-refractivity contribution in [2.45, 2.75) is 39.0 Å². The number of benzene rings is 1. The van der Waals surface area contributed by atoms with Crippen LogP contribution in [0.2, 0.25) is 5.02 Å². The number of nitrogens with zero attached hydrogens (tertiary/aromatic N) is 1. The minimum atomic E-state index is -0.107. The summed E-state index contributed by atoms with van der Waals surface area (Å²) in [6, 6.07) is 4.20. The molecule has 0 amide bonds. The van der Waals surface area contributed by atoms with Crippen molar-refractivity contribution >= 4 is 11.6 Å². The van der Waals surface area contributed by atoms with Gasteiger partial charge in [0, 0.05) is 10.6 Å². The van der Waals surface area contributed by atoms with Gasteiger partial charge in [-0.3, -0.25) is 0 Å². The molecule has 0 bridgehead atoms. The van der Waals surface area contributed by atoms with Crippen LogP contribution in [0.3, 0.4) is 0 Å². The second-order valence-electron chi connectivity index (χ2n) is 5.40. The zero-order valence-electron chi connectivity index (χ0n) is 10.4. The summed E-state index contributed by atoms with van der Waals surface area (Å²) in [6.07, 6.45) is 1.86. The summed E-state index contributed by atoms with van der Waals surface area (Å²) in [4.78, 5) is 0. The SMILES string of the molecule is CC(C)(C)c1cc(Cl)c2c(c1C#N)OCCC2. The van der Waals surface area contributed by atoms with Crippen molar-refractivity contribution in [3.63, 3.8) is 0 Å². The lowest BCUT2D eigenvalue weighted by Gasteiger charge is -2.26. The average molecular weight is 250 g/mol. The molecule has 1 aliphatic rings. The van der Waals surface area contributed by atoms with E-state index in [0.29, 0.717) is 17.9 Å². The first-order valence-electron chi connectivity index (χ1n) is 5.84. The highest BCUT2D eigenvalue weighted by Gasteiger charge is 2.26. The molecular formula is C14H16ClNO. The van der Waals surface area contributed by atoms with Crippen LogP contribution >= 0.6 is 11.6 Å². The van der Waals surface area contributed by atoms with E-state index >= 15 is 0 Å². The van der Waals surface area contributed by atoms with Gasteiger partial charge in [0.2, 0.25) is 0 Å². The molecule has 1 heterocycles. The standard InChI is InChI=1S/C14H16ClNO/c1-14(2,3)11-7-12(15)9-5-4-6-17-13(9)10(11)8-16/h7H,4-6H2,1-3H3. The van der Waals surface area contributed by atoms with E-state index in [0.717, 1.165) is 29.0 Å². The Balaban J connectivity index is 2.72. The molecule has 0 saturated carbocycles. The van der Waals surface area contributed by atoms with Crippen LogP contribution in [0.1, 0.15) is 43.9 Å². The highest BCUT2D eigenvalue weighted by atomic mass is 35.5. The number of halogens is 1. The molecule has 1 aromatic rings. The lowest BCUT2D eigenvalue weighted by Crippen LogP contribution is -2.18. The van der Waals surface area contributed by atoms with Gasteiger partial charge in [-0.2, -0.15) is 5.26 Å². The highest BCUT2D eigenvalue weighted by molar-refractivity contribution is 6.31. The third kappa shape index (κ3) is 2.12. The van der Waals surface area contributed by atoms with Crippen LogP contribution in [0, 0.1) is 11.3 Å². The Morgan fingerprint density at radius 3 is 2.71 bits per heavy atom. The smallest absolute Gasteiger partial charge is 0.142 e. The minimum Gasteiger partial charge on any atom is -0.492 e. The Hall–Kier alpha value is -1.20. The van der Waals surface area contributed by atoms with E-state index < -0.39 is 0 Å². The molecule has 1 aliphatic heterocycles. The highest BCUT2D eigenvalue weighted by Crippen LogP contribution is 2.40. The lowest BCUT2D eigenvalue weighted by molar-refractivity contribution is 0.286. The van der Waals surface area contributed by atoms with E-state index in [1.165, 1.54) is 0 Å². The van der Waals surface area contributed by atoms with Crippen LogP contribution in [0.15, 0.2) is 6.07 Å². The van der Waals surface area contributed by atoms with Crippen molar-refractivity contribution in [1.82, 2.24) is 0 Å². The monoisotopic (exact) mass is 249 g/mol. The van der Waals surface area contributed by atoms with E-state index in [-0.39, 0.29) is 5.41 Å². The first-order valence-corrected chi connectivity index (χ1v) is 6.21. The molecule has 17 heavy (non-hydrogen) atoms. The van der Waals surface area contributed by atoms with Crippen molar-refractivity contribution in [1.29, 1.82) is 5.26 Å². The fourth-order valence-electron chi connectivity index (χ4n) is 2.19. The summed E-state index contributed by atoms with van der Waals surface area (Å²) in [7, 11) is 0. The predicted octanol–water partition coefficient (Wildman–Crippen LogP) is 3.83. The topological polar surface area (TPSA) is 33.0 Å². The largest absolute Gasteiger partial charge is 0.492 e. The normalized spacial score (nSPS) is 14.8. The summed E-state index contributed by atoms with van der Waals surface area (Å²) < 4.78 is 5.66. The van der Waals surface area contributed by atoms with Crippen molar-refractivity contribution in [2.24, 2.45) is 0 Å². The molecule has 0 aromatic heterocycles. The first kappa shape index (κ1) is 12.3. The van der Waals surface area contributed by atoms with E-state index in [1.54, 1.807) is 0 Å². The maximum atomic E-state index is 9.36. The van der Waals surface area contributed by atoms with Gasteiger partial charge in [0.15, 0.2) is 0 Å². The van der Waals surface area contributed by atoms with Gasteiger partial charge >= 0.3 is 0 Å². The minimum absolute atomic E-state index is 0.107. The third-order valence-corrected chi connectivity index (χ3v) is 3.40. The summed E-state index contributed by atoms with van der Waals surface area (Å²) in [6.45, 7) is 6.91. The number of nitriles is 1. The molecule has 3 heteroatoms. The van der Waals surface area contributed by atoms with Crippen molar-refractivity contribution in [2.75, 3.05) is 6.61 Å². The molecule has 0 N–H and O–H groups in total. The van der Waals surface area contributed by atoms with Gasteiger partial charge < -0.3 is 4.74 Å². The van der Waals surface area contributed by atoms with Crippen LogP contribution in [0.25, 0.3) is 0 Å². The Labute approximate surface area is 107 Å². The van der Waals surface area contributed by atoms with Gasteiger partial charge in [0.05, 0.1) is 12.2 Å². The Morgan fingerprint density at radius 1 is 1.41 bits per heavy atom. The molecule has 0 atom stereocenters. The zero-order valence-corrected chi connectivity index (χ0v) is 11.2. The summed E-state index contributed by atoms with van der Waals surface area (Å²) >= 11 is 6.29. The number of ether oxygens (including phenoxy) is 1. The molecule has 0 saturated heterocycles. The van der Waals surface area contributed by atoms with Gasteiger partial charge in [-0.05, 0) is 29.9 Å². The first-order chi connectivity index (χ1) is 7.95. The van der Waals surface area contributed by atoms with Gasteiger partial charge in [0.1, 0.15) is 11.8 Å². The molecule has 0 spiro atoms. The fraction of sp³-hybridized carbons (Fsp3) is 0.500. The van der Waals surface area contributed by atoms with Crippen molar-refractivity contribution in [3.8, 4) is 11.8 Å². The Morgan fingerprint density at radius 2 is 2.12 bits per heavy atom. The maximum absolute atomic E-state index is 9.36. The number of rotatable bonds is 0.